The number of rotatable bonds is 7. The Kier molecular flexibility index (Phi) is 5.73. The highest BCUT2D eigenvalue weighted by Crippen LogP contribution is 2.29. The van der Waals surface area contributed by atoms with E-state index in [1.807, 2.05) is 6.92 Å². The molecule has 0 spiro atoms. The number of nitrogens with one attached hydrogen (secondary N) is 2. The van der Waals surface area contributed by atoms with Crippen LogP contribution in [0.2, 0.25) is 0 Å². The fourth-order valence-electron chi connectivity index (χ4n) is 1.34. The van der Waals surface area contributed by atoms with E-state index in [0.29, 0.717) is 13.0 Å². The van der Waals surface area contributed by atoms with Crippen LogP contribution in [0.1, 0.15) is 26.0 Å². The lowest BCUT2D eigenvalue weighted by Gasteiger charge is -2.21. The van der Waals surface area contributed by atoms with Crippen LogP contribution in [0.15, 0.2) is 6.07 Å². The summed E-state index contributed by atoms with van der Waals surface area (Å²) < 4.78 is 38.3. The number of halogens is 3. The van der Waals surface area contributed by atoms with Crippen molar-refractivity contribution in [1.82, 2.24) is 9.97 Å². The highest BCUT2D eigenvalue weighted by Gasteiger charge is 2.34. The summed E-state index contributed by atoms with van der Waals surface area (Å²) in [5.74, 6) is -0.220. The summed E-state index contributed by atoms with van der Waals surface area (Å²) in [5.41, 5.74) is -2.54. The number of anilines is 2. The lowest BCUT2D eigenvalue weighted by molar-refractivity contribution is -0.141. The van der Waals surface area contributed by atoms with Crippen LogP contribution in [0, 0.1) is 0 Å². The highest BCUT2D eigenvalue weighted by molar-refractivity contribution is 5.43. The van der Waals surface area contributed by atoms with Crippen LogP contribution in [0.3, 0.4) is 0 Å². The first-order chi connectivity index (χ1) is 9.68. The van der Waals surface area contributed by atoms with Crippen LogP contribution >= 0.6 is 0 Å². The average molecular weight is 308 g/mol. The maximum Gasteiger partial charge on any atom is 0.433 e. The van der Waals surface area contributed by atoms with E-state index in [2.05, 4.69) is 20.6 Å². The van der Waals surface area contributed by atoms with E-state index in [1.54, 1.807) is 0 Å². The quantitative estimate of drug-likeness (QED) is 0.610. The monoisotopic (exact) mass is 308 g/mol. The van der Waals surface area contributed by atoms with Crippen LogP contribution < -0.4 is 10.6 Å². The Morgan fingerprint density at radius 3 is 2.43 bits per heavy atom. The molecule has 1 aromatic rings. The number of aliphatic hydroxyl groups is 2. The molecule has 1 atom stereocenters. The van der Waals surface area contributed by atoms with Crippen molar-refractivity contribution in [2.45, 2.75) is 32.0 Å². The summed E-state index contributed by atoms with van der Waals surface area (Å²) >= 11 is 0. The zero-order valence-electron chi connectivity index (χ0n) is 11.8. The number of alkyl halides is 3. The smallest absolute Gasteiger partial charge is 0.393 e. The Morgan fingerprint density at radius 1 is 1.24 bits per heavy atom. The normalized spacial score (nSPS) is 14.6. The van der Waals surface area contributed by atoms with Gasteiger partial charge in [-0.3, -0.25) is 0 Å². The Labute approximate surface area is 120 Å². The van der Waals surface area contributed by atoms with Crippen LogP contribution in [0.4, 0.5) is 24.9 Å². The van der Waals surface area contributed by atoms with Crippen LogP contribution in [0.5, 0.6) is 0 Å². The predicted molar refractivity (Wildman–Crippen MR) is 72.0 cm³/mol. The van der Waals surface area contributed by atoms with Gasteiger partial charge in [0.05, 0.1) is 6.61 Å². The Hall–Kier alpha value is -1.61. The summed E-state index contributed by atoms with van der Waals surface area (Å²) in [6.07, 6.45) is -3.89. The van der Waals surface area contributed by atoms with Gasteiger partial charge in [0.25, 0.3) is 0 Å². The molecule has 6 nitrogen and oxygen atoms in total. The van der Waals surface area contributed by atoms with Gasteiger partial charge in [-0.15, -0.1) is 0 Å². The molecule has 0 radical (unpaired) electrons. The molecule has 4 N–H and O–H groups in total. The number of aliphatic hydroxyl groups excluding tert-OH is 1. The number of hydrogen-bond donors (Lipinski definition) is 4. The molecule has 1 heterocycles. The van der Waals surface area contributed by atoms with Crippen molar-refractivity contribution in [1.29, 1.82) is 0 Å². The molecule has 9 heteroatoms. The Balaban J connectivity index is 2.96. The minimum absolute atomic E-state index is 0.0790. The third kappa shape index (κ3) is 5.72. The Morgan fingerprint density at radius 2 is 1.90 bits per heavy atom. The van der Waals surface area contributed by atoms with E-state index in [0.717, 1.165) is 6.07 Å². The third-order valence-electron chi connectivity index (χ3n) is 2.54. The molecular formula is C12H19F3N4O2. The van der Waals surface area contributed by atoms with Crippen LogP contribution in [-0.4, -0.2) is 45.5 Å². The molecule has 0 aliphatic heterocycles. The first-order valence-electron chi connectivity index (χ1n) is 6.45. The summed E-state index contributed by atoms with van der Waals surface area (Å²) in [5, 5.41) is 23.8. The van der Waals surface area contributed by atoms with E-state index in [4.69, 9.17) is 5.11 Å². The first kappa shape index (κ1) is 17.4. The molecule has 1 rings (SSSR count). The van der Waals surface area contributed by atoms with Crippen molar-refractivity contribution >= 4 is 11.8 Å². The van der Waals surface area contributed by atoms with Crippen LogP contribution in [0.25, 0.3) is 0 Å². The van der Waals surface area contributed by atoms with Gasteiger partial charge in [-0.25, -0.2) is 4.98 Å². The second kappa shape index (κ2) is 6.90. The van der Waals surface area contributed by atoms with E-state index < -0.39 is 24.1 Å². The van der Waals surface area contributed by atoms with Crippen molar-refractivity contribution in [3.8, 4) is 0 Å². The summed E-state index contributed by atoms with van der Waals surface area (Å²) in [7, 11) is 0. The van der Waals surface area contributed by atoms with Gasteiger partial charge in [0.15, 0.2) is 5.69 Å². The largest absolute Gasteiger partial charge is 0.433 e. The molecule has 0 aliphatic carbocycles. The lowest BCUT2D eigenvalue weighted by atomic mass is 10.1. The van der Waals surface area contributed by atoms with Gasteiger partial charge >= 0.3 is 6.18 Å². The van der Waals surface area contributed by atoms with Gasteiger partial charge < -0.3 is 20.8 Å². The second-order valence-electron chi connectivity index (χ2n) is 4.90. The first-order valence-corrected chi connectivity index (χ1v) is 6.45. The predicted octanol–water partition coefficient (Wildman–Crippen LogP) is 1.47. The molecule has 0 aliphatic rings. The molecule has 120 valence electrons. The molecule has 0 bridgehead atoms. The summed E-state index contributed by atoms with van der Waals surface area (Å²) in [6.45, 7) is 2.97. The van der Waals surface area contributed by atoms with Gasteiger partial charge in [-0.1, -0.05) is 6.92 Å². The fraction of sp³-hybridized carbons (Fsp3) is 0.667. The number of aromatic nitrogens is 2. The van der Waals surface area contributed by atoms with Crippen molar-refractivity contribution in [3.63, 3.8) is 0 Å². The summed E-state index contributed by atoms with van der Waals surface area (Å²) in [4.78, 5) is 7.30. The van der Waals surface area contributed by atoms with Crippen molar-refractivity contribution < 1.29 is 23.4 Å². The fourth-order valence-corrected chi connectivity index (χ4v) is 1.34. The molecule has 0 saturated heterocycles. The van der Waals surface area contributed by atoms with E-state index in [9.17, 15) is 18.3 Å². The maximum atomic E-state index is 12.8. The maximum absolute atomic E-state index is 12.8. The van der Waals surface area contributed by atoms with Gasteiger partial charge in [-0.2, -0.15) is 18.2 Å². The van der Waals surface area contributed by atoms with E-state index in [-0.39, 0.29) is 18.3 Å². The SMILES string of the molecule is CCCNc1nc(NCC(C)(O)CO)cc(C(F)(F)F)n1. The van der Waals surface area contributed by atoms with Crippen LogP contribution in [-0.2, 0) is 6.18 Å². The minimum Gasteiger partial charge on any atom is -0.393 e. The van der Waals surface area contributed by atoms with Gasteiger partial charge in [0.2, 0.25) is 5.95 Å². The number of nitrogens with zero attached hydrogens (tertiary/aromatic N) is 2. The van der Waals surface area contributed by atoms with Crippen molar-refractivity contribution in [2.75, 3.05) is 30.3 Å². The number of hydrogen-bond acceptors (Lipinski definition) is 6. The Bertz CT molecular complexity index is 466. The highest BCUT2D eigenvalue weighted by atomic mass is 19.4. The summed E-state index contributed by atoms with van der Waals surface area (Å²) in [6, 6.07) is 0.755. The molecule has 0 saturated carbocycles. The molecule has 1 aromatic heterocycles. The molecule has 1 unspecified atom stereocenters. The standard InChI is InChI=1S/C12H19F3N4O2/c1-3-4-16-10-18-8(12(13,14)15)5-9(19-10)17-6-11(2,21)7-20/h5,20-21H,3-4,6-7H2,1-2H3,(H2,16,17,18,19). The van der Waals surface area contributed by atoms with Crippen molar-refractivity contribution in [3.05, 3.63) is 11.8 Å². The van der Waals surface area contributed by atoms with Gasteiger partial charge in [0, 0.05) is 19.2 Å². The van der Waals surface area contributed by atoms with Gasteiger partial charge in [0.1, 0.15) is 11.4 Å². The molecule has 0 fully saturated rings. The van der Waals surface area contributed by atoms with E-state index in [1.165, 1.54) is 6.92 Å². The zero-order chi connectivity index (χ0) is 16.1. The molecular weight excluding hydrogens is 289 g/mol. The van der Waals surface area contributed by atoms with E-state index >= 15 is 0 Å². The molecule has 0 amide bonds. The molecule has 21 heavy (non-hydrogen) atoms. The average Bonchev–Trinajstić information content (AvgIpc) is 2.42. The third-order valence-corrected chi connectivity index (χ3v) is 2.54. The molecule has 0 aromatic carbocycles. The zero-order valence-corrected chi connectivity index (χ0v) is 11.8. The minimum atomic E-state index is -4.60. The topological polar surface area (TPSA) is 90.3 Å². The van der Waals surface area contributed by atoms with Gasteiger partial charge in [-0.05, 0) is 13.3 Å². The van der Waals surface area contributed by atoms with Crippen molar-refractivity contribution in [2.24, 2.45) is 0 Å². The lowest BCUT2D eigenvalue weighted by Crippen LogP contribution is -2.37. The second-order valence-corrected chi connectivity index (χ2v) is 4.90.